The quantitative estimate of drug-likeness (QED) is 0.484. The van der Waals surface area contributed by atoms with Gasteiger partial charge in [-0.1, -0.05) is 11.3 Å². The smallest absolute Gasteiger partial charge is 0.258 e. The maximum absolute atomic E-state index is 10.4. The van der Waals surface area contributed by atoms with Gasteiger partial charge in [-0.15, -0.1) is 0 Å². The van der Waals surface area contributed by atoms with Crippen LogP contribution < -0.4 is 0 Å². The lowest BCUT2D eigenvalue weighted by molar-refractivity contribution is -0.380. The maximum Gasteiger partial charge on any atom is 0.324 e. The molecule has 0 spiro atoms. The van der Waals surface area contributed by atoms with E-state index in [1.165, 1.54) is 18.6 Å². The van der Waals surface area contributed by atoms with Gasteiger partial charge in [-0.2, -0.15) is 10.1 Å². The molecule has 2 rings (SSSR count). The van der Waals surface area contributed by atoms with E-state index in [2.05, 4.69) is 20.2 Å². The fourth-order valence-electron chi connectivity index (χ4n) is 0.896. The summed E-state index contributed by atoms with van der Waals surface area (Å²) in [6.45, 7) is 0. The first-order valence-corrected chi connectivity index (χ1v) is 4.71. The summed E-state index contributed by atoms with van der Waals surface area (Å²) in [6, 6.07) is 3.06. The number of aromatic amines is 1. The third-order valence-corrected chi connectivity index (χ3v) is 2.48. The zero-order valence-electron chi connectivity index (χ0n) is 7.32. The maximum atomic E-state index is 10.4. The summed E-state index contributed by atoms with van der Waals surface area (Å²) >= 11 is 1.05. The molecule has 2 heterocycles. The van der Waals surface area contributed by atoms with E-state index in [0.29, 0.717) is 10.8 Å². The van der Waals surface area contributed by atoms with Crippen LogP contribution in [0.2, 0.25) is 0 Å². The summed E-state index contributed by atoms with van der Waals surface area (Å²) in [7, 11) is 0. The van der Waals surface area contributed by atoms with E-state index >= 15 is 0 Å². The Morgan fingerprint density at radius 1 is 1.60 bits per heavy atom. The second kappa shape index (κ2) is 3.96. The first kappa shape index (κ1) is 9.46. The highest BCUT2D eigenvalue weighted by molar-refractivity contribution is 7.16. The molecule has 76 valence electrons. The zero-order chi connectivity index (χ0) is 10.7. The van der Waals surface area contributed by atoms with Crippen LogP contribution in [0.25, 0.3) is 0 Å². The van der Waals surface area contributed by atoms with Crippen molar-refractivity contribution in [2.75, 3.05) is 0 Å². The Morgan fingerprint density at radius 2 is 2.47 bits per heavy atom. The molecule has 0 aliphatic heterocycles. The van der Waals surface area contributed by atoms with Gasteiger partial charge in [0.15, 0.2) is 0 Å². The van der Waals surface area contributed by atoms with Crippen LogP contribution in [-0.4, -0.2) is 26.3 Å². The van der Waals surface area contributed by atoms with Crippen LogP contribution >= 0.6 is 11.3 Å². The van der Waals surface area contributed by atoms with Crippen LogP contribution in [0, 0.1) is 10.1 Å². The predicted molar refractivity (Wildman–Crippen MR) is 54.6 cm³/mol. The Bertz CT molecular complexity index is 489. The average molecular weight is 223 g/mol. The summed E-state index contributed by atoms with van der Waals surface area (Å²) in [6.07, 6.45) is 2.84. The molecule has 0 aromatic carbocycles. The van der Waals surface area contributed by atoms with Crippen molar-refractivity contribution in [3.63, 3.8) is 0 Å². The molecule has 2 aromatic rings. The van der Waals surface area contributed by atoms with E-state index in [0.717, 1.165) is 11.3 Å². The van der Waals surface area contributed by atoms with Crippen molar-refractivity contribution in [2.45, 2.75) is 0 Å². The van der Waals surface area contributed by atoms with Gasteiger partial charge in [0, 0.05) is 12.3 Å². The fourth-order valence-corrected chi connectivity index (χ4v) is 1.59. The number of hydrogen-bond donors (Lipinski definition) is 1. The summed E-state index contributed by atoms with van der Waals surface area (Å²) in [5, 5.41) is 16.6. The van der Waals surface area contributed by atoms with Gasteiger partial charge in [0.05, 0.1) is 9.80 Å². The highest BCUT2D eigenvalue weighted by Gasteiger charge is 2.07. The molecule has 0 atom stereocenters. The van der Waals surface area contributed by atoms with Gasteiger partial charge in [-0.3, -0.25) is 10.1 Å². The van der Waals surface area contributed by atoms with E-state index in [-0.39, 0.29) is 5.00 Å². The van der Waals surface area contributed by atoms with E-state index < -0.39 is 4.92 Å². The topological polar surface area (TPSA) is 97.1 Å². The standard InChI is InChI=1S/C7H5N5O2S/c13-12(14)6-2-1-5(15-6)3-8-7-9-4-10-11-7/h1-4H,(H,9,10,11). The molecular weight excluding hydrogens is 218 g/mol. The van der Waals surface area contributed by atoms with Crippen LogP contribution in [0.4, 0.5) is 10.9 Å². The number of aliphatic imine (C=N–C) groups is 1. The lowest BCUT2D eigenvalue weighted by Crippen LogP contribution is -1.80. The van der Waals surface area contributed by atoms with Gasteiger partial charge >= 0.3 is 5.00 Å². The van der Waals surface area contributed by atoms with Gasteiger partial charge in [0.2, 0.25) is 5.95 Å². The van der Waals surface area contributed by atoms with Crippen molar-refractivity contribution in [2.24, 2.45) is 4.99 Å². The van der Waals surface area contributed by atoms with Crippen LogP contribution in [0.1, 0.15) is 4.88 Å². The molecule has 1 N–H and O–H groups in total. The number of hydrogen-bond acceptors (Lipinski definition) is 6. The van der Waals surface area contributed by atoms with Crippen molar-refractivity contribution >= 4 is 28.5 Å². The van der Waals surface area contributed by atoms with Gasteiger partial charge in [0.25, 0.3) is 0 Å². The second-order valence-electron chi connectivity index (χ2n) is 2.50. The van der Waals surface area contributed by atoms with Gasteiger partial charge in [-0.05, 0) is 6.07 Å². The van der Waals surface area contributed by atoms with Gasteiger partial charge in [0.1, 0.15) is 6.33 Å². The molecule has 0 unspecified atom stereocenters. The van der Waals surface area contributed by atoms with Crippen LogP contribution in [0.3, 0.4) is 0 Å². The zero-order valence-corrected chi connectivity index (χ0v) is 8.14. The molecule has 0 radical (unpaired) electrons. The molecule has 0 aliphatic carbocycles. The Morgan fingerprint density at radius 3 is 3.07 bits per heavy atom. The summed E-state index contributed by atoms with van der Waals surface area (Å²) in [4.78, 5) is 18.4. The van der Waals surface area contributed by atoms with Crippen molar-refractivity contribution in [3.05, 3.63) is 33.5 Å². The molecule has 2 aromatic heterocycles. The number of rotatable bonds is 3. The van der Waals surface area contributed by atoms with Crippen molar-refractivity contribution in [1.82, 2.24) is 15.2 Å². The molecular formula is C7H5N5O2S. The fraction of sp³-hybridized carbons (Fsp3) is 0. The average Bonchev–Trinajstić information content (AvgIpc) is 2.86. The Balaban J connectivity index is 2.14. The van der Waals surface area contributed by atoms with Gasteiger partial charge < -0.3 is 0 Å². The van der Waals surface area contributed by atoms with E-state index in [4.69, 9.17) is 0 Å². The minimum absolute atomic E-state index is 0.0917. The van der Waals surface area contributed by atoms with Crippen LogP contribution in [0.5, 0.6) is 0 Å². The number of nitrogens with zero attached hydrogens (tertiary/aromatic N) is 4. The minimum Gasteiger partial charge on any atom is -0.258 e. The second-order valence-corrected chi connectivity index (χ2v) is 3.59. The normalized spacial score (nSPS) is 10.9. The summed E-state index contributed by atoms with van der Waals surface area (Å²) in [5.41, 5.74) is 0. The molecule has 0 bridgehead atoms. The minimum atomic E-state index is -0.434. The molecule has 0 saturated heterocycles. The van der Waals surface area contributed by atoms with Crippen molar-refractivity contribution in [3.8, 4) is 0 Å². The third kappa shape index (κ3) is 2.23. The summed E-state index contributed by atoms with van der Waals surface area (Å²) < 4.78 is 0. The lowest BCUT2D eigenvalue weighted by atomic mass is 10.5. The molecule has 15 heavy (non-hydrogen) atoms. The van der Waals surface area contributed by atoms with Crippen LogP contribution in [-0.2, 0) is 0 Å². The van der Waals surface area contributed by atoms with Crippen molar-refractivity contribution < 1.29 is 4.92 Å². The molecule has 0 aliphatic rings. The first-order chi connectivity index (χ1) is 7.25. The molecule has 8 heteroatoms. The van der Waals surface area contributed by atoms with Gasteiger partial charge in [-0.25, -0.2) is 10.1 Å². The Labute approximate surface area is 87.7 Å². The Kier molecular flexibility index (Phi) is 2.50. The largest absolute Gasteiger partial charge is 0.324 e. The van der Waals surface area contributed by atoms with Crippen molar-refractivity contribution in [1.29, 1.82) is 0 Å². The first-order valence-electron chi connectivity index (χ1n) is 3.89. The van der Waals surface area contributed by atoms with Crippen LogP contribution in [0.15, 0.2) is 23.5 Å². The highest BCUT2D eigenvalue weighted by atomic mass is 32.1. The number of thiophene rings is 1. The number of H-pyrrole nitrogens is 1. The molecule has 0 saturated carbocycles. The molecule has 7 nitrogen and oxygen atoms in total. The Hall–Kier alpha value is -2.09. The number of aromatic nitrogens is 3. The monoisotopic (exact) mass is 223 g/mol. The number of nitrogens with one attached hydrogen (secondary N) is 1. The summed E-state index contributed by atoms with van der Waals surface area (Å²) in [5.74, 6) is 0.367. The van der Waals surface area contributed by atoms with E-state index in [1.54, 1.807) is 6.07 Å². The molecule has 0 amide bonds. The SMILES string of the molecule is O=[N+]([O-])c1ccc(C=Nc2ncn[nH]2)s1. The highest BCUT2D eigenvalue weighted by Crippen LogP contribution is 2.22. The van der Waals surface area contributed by atoms with E-state index in [9.17, 15) is 10.1 Å². The third-order valence-electron chi connectivity index (χ3n) is 1.51. The van der Waals surface area contributed by atoms with E-state index in [1.807, 2.05) is 0 Å². The predicted octanol–water partition coefficient (Wildman–Crippen LogP) is 1.52. The lowest BCUT2D eigenvalue weighted by Gasteiger charge is -1.82. The molecule has 0 fully saturated rings. The number of nitro groups is 1.